The van der Waals surface area contributed by atoms with Gasteiger partial charge in [-0.05, 0) is 12.2 Å². The molecule has 3 heteroatoms. The van der Waals surface area contributed by atoms with Gasteiger partial charge in [0.05, 0.1) is 0 Å². The first kappa shape index (κ1) is 7.16. The summed E-state index contributed by atoms with van der Waals surface area (Å²) in [6.07, 6.45) is 1.72. The molecule has 0 atom stereocenters. The number of thioether (sulfide) groups is 1. The second-order valence-electron chi connectivity index (χ2n) is 1.85. The number of hydrogen-bond donors (Lipinski definition) is 0. The third kappa shape index (κ3) is 1.73. The van der Waals surface area contributed by atoms with E-state index in [0.29, 0.717) is 0 Å². The number of rotatable bonds is 1. The molecule has 0 spiro atoms. The summed E-state index contributed by atoms with van der Waals surface area (Å²) in [7, 11) is 0. The van der Waals surface area contributed by atoms with E-state index < -0.39 is 0 Å². The summed E-state index contributed by atoms with van der Waals surface area (Å²) in [5.41, 5.74) is 0.771. The van der Waals surface area contributed by atoms with Crippen molar-refractivity contribution in [3.8, 4) is 0 Å². The SMILES string of the molecule is O=CC1=C(Cl)CCSC1. The fourth-order valence-corrected chi connectivity index (χ4v) is 2.03. The lowest BCUT2D eigenvalue weighted by Crippen LogP contribution is -2.00. The van der Waals surface area contributed by atoms with Gasteiger partial charge < -0.3 is 0 Å². The molecule has 1 nitrogen and oxygen atoms in total. The first-order chi connectivity index (χ1) is 4.34. The van der Waals surface area contributed by atoms with Gasteiger partial charge in [-0.1, -0.05) is 11.6 Å². The Morgan fingerprint density at radius 2 is 2.44 bits per heavy atom. The number of halogens is 1. The third-order valence-corrected chi connectivity index (χ3v) is 2.65. The van der Waals surface area contributed by atoms with E-state index in [0.717, 1.165) is 34.8 Å². The van der Waals surface area contributed by atoms with Gasteiger partial charge in [-0.2, -0.15) is 11.8 Å². The first-order valence-corrected chi connectivity index (χ1v) is 4.28. The molecule has 0 bridgehead atoms. The molecule has 0 aliphatic carbocycles. The van der Waals surface area contributed by atoms with Gasteiger partial charge in [0.1, 0.15) is 6.29 Å². The van der Waals surface area contributed by atoms with E-state index >= 15 is 0 Å². The van der Waals surface area contributed by atoms with Crippen LogP contribution in [0.1, 0.15) is 6.42 Å². The second-order valence-corrected chi connectivity index (χ2v) is 3.41. The monoisotopic (exact) mass is 162 g/mol. The number of aldehydes is 1. The fraction of sp³-hybridized carbons (Fsp3) is 0.500. The average Bonchev–Trinajstić information content (AvgIpc) is 1.89. The highest BCUT2D eigenvalue weighted by Crippen LogP contribution is 2.24. The van der Waals surface area contributed by atoms with Crippen molar-refractivity contribution in [1.82, 2.24) is 0 Å². The predicted molar refractivity (Wildman–Crippen MR) is 40.9 cm³/mol. The molecule has 1 rings (SSSR count). The molecular weight excluding hydrogens is 156 g/mol. The summed E-state index contributed by atoms with van der Waals surface area (Å²) < 4.78 is 0. The van der Waals surface area contributed by atoms with Gasteiger partial charge in [-0.25, -0.2) is 0 Å². The van der Waals surface area contributed by atoms with Crippen molar-refractivity contribution < 1.29 is 4.79 Å². The minimum absolute atomic E-state index is 0.753. The van der Waals surface area contributed by atoms with Crippen LogP contribution < -0.4 is 0 Å². The molecule has 1 heterocycles. The molecule has 0 aromatic rings. The minimum Gasteiger partial charge on any atom is -0.298 e. The van der Waals surface area contributed by atoms with Crippen molar-refractivity contribution in [3.05, 3.63) is 10.6 Å². The van der Waals surface area contributed by atoms with Crippen LogP contribution in [0.4, 0.5) is 0 Å². The van der Waals surface area contributed by atoms with E-state index in [-0.39, 0.29) is 0 Å². The van der Waals surface area contributed by atoms with E-state index in [1.807, 2.05) is 0 Å². The van der Waals surface area contributed by atoms with Crippen LogP contribution in [0.3, 0.4) is 0 Å². The lowest BCUT2D eigenvalue weighted by molar-refractivity contribution is -0.104. The molecule has 0 aromatic heterocycles. The van der Waals surface area contributed by atoms with Crippen LogP contribution in [0.2, 0.25) is 0 Å². The Balaban J connectivity index is 2.70. The van der Waals surface area contributed by atoms with Gasteiger partial charge in [0, 0.05) is 16.4 Å². The number of allylic oxidation sites excluding steroid dienone is 1. The summed E-state index contributed by atoms with van der Waals surface area (Å²) in [5, 5.41) is 0.753. The van der Waals surface area contributed by atoms with Crippen LogP contribution in [-0.4, -0.2) is 17.8 Å². The summed E-state index contributed by atoms with van der Waals surface area (Å²) >= 11 is 7.48. The van der Waals surface area contributed by atoms with Gasteiger partial charge in [0.25, 0.3) is 0 Å². The zero-order valence-electron chi connectivity index (χ0n) is 4.89. The molecule has 0 radical (unpaired) electrons. The van der Waals surface area contributed by atoms with Crippen LogP contribution in [0, 0.1) is 0 Å². The Kier molecular flexibility index (Phi) is 2.61. The highest BCUT2D eigenvalue weighted by atomic mass is 35.5. The van der Waals surface area contributed by atoms with Crippen molar-refractivity contribution in [3.63, 3.8) is 0 Å². The van der Waals surface area contributed by atoms with Crippen LogP contribution in [-0.2, 0) is 4.79 Å². The normalized spacial score (nSPS) is 20.1. The molecule has 0 saturated heterocycles. The standard InChI is InChI=1S/C6H7ClOS/c7-6-1-2-9-4-5(6)3-8/h3H,1-2,4H2. The molecule has 1 aliphatic rings. The maximum absolute atomic E-state index is 10.2. The lowest BCUT2D eigenvalue weighted by Gasteiger charge is -2.09. The zero-order valence-corrected chi connectivity index (χ0v) is 6.47. The van der Waals surface area contributed by atoms with Crippen molar-refractivity contribution in [2.75, 3.05) is 11.5 Å². The zero-order chi connectivity index (χ0) is 6.69. The largest absolute Gasteiger partial charge is 0.298 e. The van der Waals surface area contributed by atoms with E-state index in [2.05, 4.69) is 0 Å². The average molecular weight is 163 g/mol. The minimum atomic E-state index is 0.753. The first-order valence-electron chi connectivity index (χ1n) is 2.75. The fourth-order valence-electron chi connectivity index (χ4n) is 0.681. The summed E-state index contributed by atoms with van der Waals surface area (Å²) in [4.78, 5) is 10.2. The van der Waals surface area contributed by atoms with Gasteiger partial charge in [-0.3, -0.25) is 4.79 Å². The van der Waals surface area contributed by atoms with Gasteiger partial charge in [-0.15, -0.1) is 0 Å². The van der Waals surface area contributed by atoms with Crippen molar-refractivity contribution in [1.29, 1.82) is 0 Å². The lowest BCUT2D eigenvalue weighted by atomic mass is 10.2. The quantitative estimate of drug-likeness (QED) is 0.548. The van der Waals surface area contributed by atoms with Crippen molar-refractivity contribution >= 4 is 29.6 Å². The van der Waals surface area contributed by atoms with E-state index in [4.69, 9.17) is 11.6 Å². The van der Waals surface area contributed by atoms with Gasteiger partial charge in [0.2, 0.25) is 0 Å². The molecule has 0 fully saturated rings. The molecule has 1 aliphatic heterocycles. The molecule has 0 saturated carbocycles. The highest BCUT2D eigenvalue weighted by molar-refractivity contribution is 7.99. The smallest absolute Gasteiger partial charge is 0.148 e. The Morgan fingerprint density at radius 1 is 1.67 bits per heavy atom. The van der Waals surface area contributed by atoms with E-state index in [1.54, 1.807) is 11.8 Å². The maximum atomic E-state index is 10.2. The van der Waals surface area contributed by atoms with Crippen LogP contribution >= 0.6 is 23.4 Å². The third-order valence-electron chi connectivity index (χ3n) is 1.21. The molecule has 9 heavy (non-hydrogen) atoms. The molecule has 0 amide bonds. The molecule has 0 aromatic carbocycles. The van der Waals surface area contributed by atoms with Crippen molar-refractivity contribution in [2.45, 2.75) is 6.42 Å². The van der Waals surface area contributed by atoms with Crippen LogP contribution in [0.5, 0.6) is 0 Å². The Labute approximate surface area is 63.5 Å². The van der Waals surface area contributed by atoms with Crippen LogP contribution in [0.15, 0.2) is 10.6 Å². The number of carbonyl (C=O) groups excluding carboxylic acids is 1. The molecule has 50 valence electrons. The Bertz CT molecular complexity index is 153. The second kappa shape index (κ2) is 3.28. The maximum Gasteiger partial charge on any atom is 0.148 e. The molecular formula is C6H7ClOS. The van der Waals surface area contributed by atoms with Crippen molar-refractivity contribution in [2.24, 2.45) is 0 Å². The topological polar surface area (TPSA) is 17.1 Å². The summed E-state index contributed by atoms with van der Waals surface area (Å²) in [6, 6.07) is 0. The van der Waals surface area contributed by atoms with E-state index in [1.165, 1.54) is 0 Å². The predicted octanol–water partition coefficient (Wildman–Crippen LogP) is 1.82. The summed E-state index contributed by atoms with van der Waals surface area (Å²) in [6.45, 7) is 0. The number of hydrogen-bond acceptors (Lipinski definition) is 2. The Hall–Kier alpha value is 0.0500. The Morgan fingerprint density at radius 3 is 2.89 bits per heavy atom. The number of carbonyl (C=O) groups is 1. The van der Waals surface area contributed by atoms with Gasteiger partial charge >= 0.3 is 0 Å². The van der Waals surface area contributed by atoms with Crippen LogP contribution in [0.25, 0.3) is 0 Å². The molecule has 0 N–H and O–H groups in total. The van der Waals surface area contributed by atoms with Gasteiger partial charge in [0.15, 0.2) is 0 Å². The van der Waals surface area contributed by atoms with E-state index in [9.17, 15) is 4.79 Å². The highest BCUT2D eigenvalue weighted by Gasteiger charge is 2.08. The summed E-state index contributed by atoms with van der Waals surface area (Å²) in [5.74, 6) is 1.85. The molecule has 0 unspecified atom stereocenters.